The Balaban J connectivity index is 2.67. The Morgan fingerprint density at radius 1 is 1.33 bits per heavy atom. The SMILES string of the molecule is COc1ccc2c(C(C)O)nccc2c1. The number of hydrogen-bond donors (Lipinski definition) is 1. The molecule has 2 aromatic rings. The van der Waals surface area contributed by atoms with Gasteiger partial charge in [0, 0.05) is 11.6 Å². The summed E-state index contributed by atoms with van der Waals surface area (Å²) >= 11 is 0. The molecule has 0 aliphatic heterocycles. The molecular formula is C12H13NO2. The second-order valence-corrected chi connectivity index (χ2v) is 3.46. The van der Waals surface area contributed by atoms with Crippen LogP contribution in [0.5, 0.6) is 5.75 Å². The zero-order valence-electron chi connectivity index (χ0n) is 8.77. The lowest BCUT2D eigenvalue weighted by Crippen LogP contribution is -1.96. The van der Waals surface area contributed by atoms with Crippen molar-refractivity contribution in [1.29, 1.82) is 0 Å². The zero-order chi connectivity index (χ0) is 10.8. The summed E-state index contributed by atoms with van der Waals surface area (Å²) in [4.78, 5) is 4.17. The Kier molecular flexibility index (Phi) is 2.56. The normalized spacial score (nSPS) is 12.7. The van der Waals surface area contributed by atoms with Gasteiger partial charge in [-0.15, -0.1) is 0 Å². The fourth-order valence-electron chi connectivity index (χ4n) is 1.64. The highest BCUT2D eigenvalue weighted by Crippen LogP contribution is 2.25. The molecule has 0 aliphatic rings. The van der Waals surface area contributed by atoms with Crippen LogP contribution >= 0.6 is 0 Å². The minimum absolute atomic E-state index is 0.554. The number of rotatable bonds is 2. The molecule has 1 unspecified atom stereocenters. The number of aliphatic hydroxyl groups is 1. The van der Waals surface area contributed by atoms with E-state index in [4.69, 9.17) is 4.74 Å². The van der Waals surface area contributed by atoms with Crippen LogP contribution in [0.4, 0.5) is 0 Å². The van der Waals surface area contributed by atoms with E-state index in [0.717, 1.165) is 16.5 Å². The molecule has 0 radical (unpaired) electrons. The van der Waals surface area contributed by atoms with Crippen molar-refractivity contribution < 1.29 is 9.84 Å². The Bertz CT molecular complexity index is 480. The van der Waals surface area contributed by atoms with E-state index >= 15 is 0 Å². The molecule has 0 saturated heterocycles. The van der Waals surface area contributed by atoms with Gasteiger partial charge in [0.2, 0.25) is 0 Å². The first-order chi connectivity index (χ1) is 7.22. The van der Waals surface area contributed by atoms with Gasteiger partial charge < -0.3 is 9.84 Å². The van der Waals surface area contributed by atoms with Crippen LogP contribution in [0.3, 0.4) is 0 Å². The molecule has 0 fully saturated rings. The van der Waals surface area contributed by atoms with Gasteiger partial charge in [0.15, 0.2) is 0 Å². The number of aliphatic hydroxyl groups excluding tert-OH is 1. The molecule has 0 spiro atoms. The Labute approximate surface area is 88.3 Å². The molecular weight excluding hydrogens is 190 g/mol. The smallest absolute Gasteiger partial charge is 0.119 e. The predicted molar refractivity (Wildman–Crippen MR) is 58.9 cm³/mol. The van der Waals surface area contributed by atoms with Crippen molar-refractivity contribution in [3.8, 4) is 5.75 Å². The maximum absolute atomic E-state index is 9.55. The summed E-state index contributed by atoms with van der Waals surface area (Å²) in [5.41, 5.74) is 0.704. The van der Waals surface area contributed by atoms with Gasteiger partial charge in [0.25, 0.3) is 0 Å². The van der Waals surface area contributed by atoms with Crippen molar-refractivity contribution in [2.45, 2.75) is 13.0 Å². The van der Waals surface area contributed by atoms with Crippen LogP contribution in [0, 0.1) is 0 Å². The maximum atomic E-state index is 9.55. The van der Waals surface area contributed by atoms with E-state index in [2.05, 4.69) is 4.98 Å². The number of fused-ring (bicyclic) bond motifs is 1. The lowest BCUT2D eigenvalue weighted by Gasteiger charge is -2.08. The predicted octanol–water partition coefficient (Wildman–Crippen LogP) is 2.30. The van der Waals surface area contributed by atoms with Crippen LogP contribution in [0.2, 0.25) is 0 Å². The standard InChI is InChI=1S/C12H13NO2/c1-8(14)12-11-4-3-10(15-2)7-9(11)5-6-13-12/h3-8,14H,1-2H3. The monoisotopic (exact) mass is 203 g/mol. The van der Waals surface area contributed by atoms with Crippen molar-refractivity contribution in [1.82, 2.24) is 4.98 Å². The van der Waals surface area contributed by atoms with E-state index < -0.39 is 6.10 Å². The third-order valence-corrected chi connectivity index (χ3v) is 2.40. The summed E-state index contributed by atoms with van der Waals surface area (Å²) in [5, 5.41) is 11.5. The number of ether oxygens (including phenoxy) is 1. The van der Waals surface area contributed by atoms with E-state index in [9.17, 15) is 5.11 Å². The highest BCUT2D eigenvalue weighted by atomic mass is 16.5. The number of pyridine rings is 1. The van der Waals surface area contributed by atoms with Crippen molar-refractivity contribution in [3.05, 3.63) is 36.2 Å². The van der Waals surface area contributed by atoms with Crippen LogP contribution in [-0.4, -0.2) is 17.2 Å². The Morgan fingerprint density at radius 2 is 2.13 bits per heavy atom. The zero-order valence-corrected chi connectivity index (χ0v) is 8.77. The number of methoxy groups -OCH3 is 1. The van der Waals surface area contributed by atoms with Gasteiger partial charge in [0.05, 0.1) is 18.9 Å². The van der Waals surface area contributed by atoms with E-state index in [-0.39, 0.29) is 0 Å². The second-order valence-electron chi connectivity index (χ2n) is 3.46. The first-order valence-electron chi connectivity index (χ1n) is 4.83. The third-order valence-electron chi connectivity index (χ3n) is 2.40. The second kappa shape index (κ2) is 3.87. The molecule has 1 aromatic carbocycles. The van der Waals surface area contributed by atoms with Gasteiger partial charge >= 0.3 is 0 Å². The minimum Gasteiger partial charge on any atom is -0.497 e. The van der Waals surface area contributed by atoms with Crippen LogP contribution in [0.15, 0.2) is 30.5 Å². The molecule has 3 nitrogen and oxygen atoms in total. The van der Waals surface area contributed by atoms with Crippen molar-refractivity contribution >= 4 is 10.8 Å². The fraction of sp³-hybridized carbons (Fsp3) is 0.250. The summed E-state index contributed by atoms with van der Waals surface area (Å²) in [6.45, 7) is 1.71. The van der Waals surface area contributed by atoms with Crippen LogP contribution < -0.4 is 4.74 Å². The van der Waals surface area contributed by atoms with Gasteiger partial charge in [-0.05, 0) is 36.6 Å². The summed E-state index contributed by atoms with van der Waals surface area (Å²) in [6.07, 6.45) is 1.14. The van der Waals surface area contributed by atoms with Crippen LogP contribution in [0.1, 0.15) is 18.7 Å². The van der Waals surface area contributed by atoms with E-state index in [1.807, 2.05) is 24.3 Å². The lowest BCUT2D eigenvalue weighted by atomic mass is 10.1. The number of aromatic nitrogens is 1. The largest absolute Gasteiger partial charge is 0.497 e. The Morgan fingerprint density at radius 3 is 2.80 bits per heavy atom. The van der Waals surface area contributed by atoms with Crippen molar-refractivity contribution in [3.63, 3.8) is 0 Å². The van der Waals surface area contributed by atoms with E-state index in [1.54, 1.807) is 20.2 Å². The molecule has 1 aromatic heterocycles. The lowest BCUT2D eigenvalue weighted by molar-refractivity contribution is 0.196. The molecule has 78 valence electrons. The van der Waals surface area contributed by atoms with Gasteiger partial charge in [0.1, 0.15) is 5.75 Å². The molecule has 1 heterocycles. The maximum Gasteiger partial charge on any atom is 0.119 e. The number of nitrogens with zero attached hydrogens (tertiary/aromatic N) is 1. The van der Waals surface area contributed by atoms with Gasteiger partial charge in [-0.3, -0.25) is 4.98 Å². The van der Waals surface area contributed by atoms with Crippen molar-refractivity contribution in [2.75, 3.05) is 7.11 Å². The molecule has 0 saturated carbocycles. The van der Waals surface area contributed by atoms with E-state index in [1.165, 1.54) is 0 Å². The molecule has 1 atom stereocenters. The average Bonchev–Trinajstić information content (AvgIpc) is 2.27. The molecule has 0 aliphatic carbocycles. The number of benzene rings is 1. The fourth-order valence-corrected chi connectivity index (χ4v) is 1.64. The van der Waals surface area contributed by atoms with Crippen LogP contribution in [0.25, 0.3) is 10.8 Å². The van der Waals surface area contributed by atoms with Gasteiger partial charge in [-0.2, -0.15) is 0 Å². The third kappa shape index (κ3) is 1.78. The van der Waals surface area contributed by atoms with Gasteiger partial charge in [-0.25, -0.2) is 0 Å². The molecule has 15 heavy (non-hydrogen) atoms. The topological polar surface area (TPSA) is 42.4 Å². The first-order valence-corrected chi connectivity index (χ1v) is 4.83. The summed E-state index contributed by atoms with van der Waals surface area (Å²) in [6, 6.07) is 7.63. The highest BCUT2D eigenvalue weighted by Gasteiger charge is 2.07. The van der Waals surface area contributed by atoms with E-state index in [0.29, 0.717) is 5.69 Å². The van der Waals surface area contributed by atoms with Crippen LogP contribution in [-0.2, 0) is 0 Å². The Hall–Kier alpha value is -1.61. The number of hydrogen-bond acceptors (Lipinski definition) is 3. The first kappa shape index (κ1) is 9.93. The summed E-state index contributed by atoms with van der Waals surface area (Å²) in [5.74, 6) is 0.810. The molecule has 0 bridgehead atoms. The quantitative estimate of drug-likeness (QED) is 0.814. The molecule has 0 amide bonds. The molecule has 3 heteroatoms. The van der Waals surface area contributed by atoms with Crippen molar-refractivity contribution in [2.24, 2.45) is 0 Å². The molecule has 1 N–H and O–H groups in total. The van der Waals surface area contributed by atoms with Gasteiger partial charge in [-0.1, -0.05) is 0 Å². The highest BCUT2D eigenvalue weighted by molar-refractivity contribution is 5.85. The summed E-state index contributed by atoms with van der Waals surface area (Å²) < 4.78 is 5.14. The summed E-state index contributed by atoms with van der Waals surface area (Å²) in [7, 11) is 1.64. The minimum atomic E-state index is -0.554. The molecule has 2 rings (SSSR count). The average molecular weight is 203 g/mol.